The quantitative estimate of drug-likeness (QED) is 0.833. The van der Waals surface area contributed by atoms with E-state index < -0.39 is 15.8 Å². The van der Waals surface area contributed by atoms with Crippen LogP contribution in [-0.2, 0) is 10.0 Å². The molecule has 0 amide bonds. The molecule has 140 valence electrons. The van der Waals surface area contributed by atoms with Gasteiger partial charge in [0.2, 0.25) is 0 Å². The summed E-state index contributed by atoms with van der Waals surface area (Å²) in [5, 5.41) is 0. The summed E-state index contributed by atoms with van der Waals surface area (Å²) in [5.74, 6) is 0.0623. The molecule has 1 aliphatic heterocycles. The highest BCUT2D eigenvalue weighted by Gasteiger charge is 2.20. The van der Waals surface area contributed by atoms with Gasteiger partial charge in [0.1, 0.15) is 5.82 Å². The number of hydrogen-bond acceptors (Lipinski definition) is 5. The maximum atomic E-state index is 14.2. The molecule has 3 rings (SSSR count). The number of sulfonamides is 1. The number of nitrogens with one attached hydrogen (secondary N) is 1. The van der Waals surface area contributed by atoms with Crippen LogP contribution in [0.5, 0.6) is 11.5 Å². The fourth-order valence-electron chi connectivity index (χ4n) is 2.95. The molecule has 0 bridgehead atoms. The van der Waals surface area contributed by atoms with Crippen molar-refractivity contribution in [2.75, 3.05) is 36.9 Å². The van der Waals surface area contributed by atoms with E-state index in [9.17, 15) is 12.8 Å². The standard InChI is InChI=1S/C18H21FN2O4S/c1-24-17-8-6-14(12-18(17)25-2)26(22,23)20-16-11-13(5-7-15(16)19)21-9-3-4-10-21/h5-8,11-12,20H,3-4,9-10H2,1-2H3. The second-order valence-electron chi connectivity index (χ2n) is 5.98. The highest BCUT2D eigenvalue weighted by Crippen LogP contribution is 2.31. The molecule has 6 nitrogen and oxygen atoms in total. The first-order chi connectivity index (χ1) is 12.4. The van der Waals surface area contributed by atoms with Gasteiger partial charge in [0.15, 0.2) is 11.5 Å². The first kappa shape index (κ1) is 18.3. The molecule has 26 heavy (non-hydrogen) atoms. The molecule has 1 heterocycles. The Bertz CT molecular complexity index is 896. The normalized spacial score (nSPS) is 14.3. The van der Waals surface area contributed by atoms with E-state index in [4.69, 9.17) is 9.47 Å². The van der Waals surface area contributed by atoms with Crippen molar-refractivity contribution in [3.8, 4) is 11.5 Å². The van der Waals surface area contributed by atoms with Crippen LogP contribution >= 0.6 is 0 Å². The number of halogens is 1. The molecule has 2 aromatic carbocycles. The molecular weight excluding hydrogens is 359 g/mol. The molecule has 1 aliphatic rings. The van der Waals surface area contributed by atoms with Crippen molar-refractivity contribution in [3.05, 3.63) is 42.2 Å². The Labute approximate surface area is 152 Å². The van der Waals surface area contributed by atoms with E-state index in [1.807, 2.05) is 0 Å². The summed E-state index contributed by atoms with van der Waals surface area (Å²) >= 11 is 0. The number of nitrogens with zero attached hydrogens (tertiary/aromatic N) is 1. The zero-order valence-electron chi connectivity index (χ0n) is 14.7. The Morgan fingerprint density at radius 2 is 1.69 bits per heavy atom. The molecule has 8 heteroatoms. The zero-order valence-corrected chi connectivity index (χ0v) is 15.5. The minimum absolute atomic E-state index is 0.0406. The fraction of sp³-hybridized carbons (Fsp3) is 0.333. The molecule has 0 atom stereocenters. The van der Waals surface area contributed by atoms with Crippen molar-refractivity contribution in [2.45, 2.75) is 17.7 Å². The van der Waals surface area contributed by atoms with Crippen LogP contribution < -0.4 is 19.1 Å². The summed E-state index contributed by atoms with van der Waals surface area (Å²) in [6.07, 6.45) is 2.15. The molecule has 1 N–H and O–H groups in total. The lowest BCUT2D eigenvalue weighted by Gasteiger charge is -2.19. The summed E-state index contributed by atoms with van der Waals surface area (Å²) in [4.78, 5) is 2.06. The molecule has 0 radical (unpaired) electrons. The van der Waals surface area contributed by atoms with Gasteiger partial charge in [0.25, 0.3) is 10.0 Å². The maximum Gasteiger partial charge on any atom is 0.262 e. The van der Waals surface area contributed by atoms with Crippen LogP contribution in [0.3, 0.4) is 0 Å². The Balaban J connectivity index is 1.91. The highest BCUT2D eigenvalue weighted by molar-refractivity contribution is 7.92. The lowest BCUT2D eigenvalue weighted by atomic mass is 10.2. The predicted octanol–water partition coefficient (Wildman–Crippen LogP) is 3.24. The Morgan fingerprint density at radius 3 is 2.35 bits per heavy atom. The summed E-state index contributed by atoms with van der Waals surface area (Å²) in [6, 6.07) is 8.67. The molecule has 1 saturated heterocycles. The summed E-state index contributed by atoms with van der Waals surface area (Å²) in [6.45, 7) is 1.76. The van der Waals surface area contributed by atoms with Crippen LogP contribution in [0.25, 0.3) is 0 Å². The van der Waals surface area contributed by atoms with Crippen LogP contribution in [0.2, 0.25) is 0 Å². The van der Waals surface area contributed by atoms with Crippen molar-refractivity contribution < 1.29 is 22.3 Å². The molecule has 0 spiro atoms. The highest BCUT2D eigenvalue weighted by atomic mass is 32.2. The fourth-order valence-corrected chi connectivity index (χ4v) is 4.02. The predicted molar refractivity (Wildman–Crippen MR) is 98.2 cm³/mol. The molecule has 2 aromatic rings. The largest absolute Gasteiger partial charge is 0.493 e. The first-order valence-electron chi connectivity index (χ1n) is 8.24. The van der Waals surface area contributed by atoms with Gasteiger partial charge in [0.05, 0.1) is 24.8 Å². The zero-order chi connectivity index (χ0) is 18.7. The Kier molecular flexibility index (Phi) is 5.22. The lowest BCUT2D eigenvalue weighted by molar-refractivity contribution is 0.354. The van der Waals surface area contributed by atoms with Gasteiger partial charge in [0, 0.05) is 24.8 Å². The van der Waals surface area contributed by atoms with Crippen molar-refractivity contribution in [1.82, 2.24) is 0 Å². The third-order valence-electron chi connectivity index (χ3n) is 4.33. The van der Waals surface area contributed by atoms with Gasteiger partial charge >= 0.3 is 0 Å². The molecule has 0 aliphatic carbocycles. The summed E-state index contributed by atoms with van der Waals surface area (Å²) < 4.78 is 52.1. The van der Waals surface area contributed by atoms with Gasteiger partial charge in [-0.1, -0.05) is 0 Å². The van der Waals surface area contributed by atoms with Gasteiger partial charge in [-0.15, -0.1) is 0 Å². The first-order valence-corrected chi connectivity index (χ1v) is 9.72. The van der Waals surface area contributed by atoms with E-state index in [0.29, 0.717) is 5.75 Å². The molecular formula is C18H21FN2O4S. The minimum atomic E-state index is -3.98. The van der Waals surface area contributed by atoms with E-state index in [2.05, 4.69) is 9.62 Å². The monoisotopic (exact) mass is 380 g/mol. The number of methoxy groups -OCH3 is 2. The molecule has 0 saturated carbocycles. The second-order valence-corrected chi connectivity index (χ2v) is 7.66. The van der Waals surface area contributed by atoms with Crippen LogP contribution in [-0.4, -0.2) is 35.7 Å². The van der Waals surface area contributed by atoms with Gasteiger partial charge in [-0.3, -0.25) is 4.72 Å². The molecule has 0 aromatic heterocycles. The van der Waals surface area contributed by atoms with Gasteiger partial charge in [-0.25, -0.2) is 12.8 Å². The smallest absolute Gasteiger partial charge is 0.262 e. The van der Waals surface area contributed by atoms with E-state index >= 15 is 0 Å². The average molecular weight is 380 g/mol. The van der Waals surface area contributed by atoms with E-state index in [0.717, 1.165) is 31.6 Å². The number of anilines is 2. The summed E-state index contributed by atoms with van der Waals surface area (Å²) in [5.41, 5.74) is 0.720. The van der Waals surface area contributed by atoms with E-state index in [1.54, 1.807) is 6.07 Å². The number of benzene rings is 2. The second kappa shape index (κ2) is 7.41. The van der Waals surface area contributed by atoms with Crippen molar-refractivity contribution >= 4 is 21.4 Å². The number of hydrogen-bond donors (Lipinski definition) is 1. The van der Waals surface area contributed by atoms with Crippen LogP contribution in [0, 0.1) is 5.82 Å². The van der Waals surface area contributed by atoms with Crippen molar-refractivity contribution in [2.24, 2.45) is 0 Å². The molecule has 0 unspecified atom stereocenters. The third kappa shape index (κ3) is 3.70. The summed E-state index contributed by atoms with van der Waals surface area (Å²) in [7, 11) is -1.10. The topological polar surface area (TPSA) is 67.9 Å². The number of ether oxygens (including phenoxy) is 2. The SMILES string of the molecule is COc1ccc(S(=O)(=O)Nc2cc(N3CCCC3)ccc2F)cc1OC. The van der Waals surface area contributed by atoms with Crippen LogP contribution in [0.15, 0.2) is 41.3 Å². The Hall–Kier alpha value is -2.48. The average Bonchev–Trinajstić information content (AvgIpc) is 3.17. The van der Waals surface area contributed by atoms with Crippen LogP contribution in [0.4, 0.5) is 15.8 Å². The van der Waals surface area contributed by atoms with Gasteiger partial charge in [-0.2, -0.15) is 0 Å². The van der Waals surface area contributed by atoms with Gasteiger partial charge in [-0.05, 0) is 43.2 Å². The minimum Gasteiger partial charge on any atom is -0.493 e. The van der Waals surface area contributed by atoms with Crippen LogP contribution in [0.1, 0.15) is 12.8 Å². The van der Waals surface area contributed by atoms with Crippen molar-refractivity contribution in [3.63, 3.8) is 0 Å². The van der Waals surface area contributed by atoms with E-state index in [-0.39, 0.29) is 16.3 Å². The lowest BCUT2D eigenvalue weighted by Crippen LogP contribution is -2.19. The Morgan fingerprint density at radius 1 is 1.00 bits per heavy atom. The number of rotatable bonds is 6. The van der Waals surface area contributed by atoms with Crippen molar-refractivity contribution in [1.29, 1.82) is 0 Å². The van der Waals surface area contributed by atoms with Gasteiger partial charge < -0.3 is 14.4 Å². The van der Waals surface area contributed by atoms with E-state index in [1.165, 1.54) is 44.6 Å². The molecule has 1 fully saturated rings. The maximum absolute atomic E-state index is 14.2. The third-order valence-corrected chi connectivity index (χ3v) is 5.69.